The minimum Gasteiger partial charge on any atom is -0.323 e. The van der Waals surface area contributed by atoms with Crippen LogP contribution in [0.3, 0.4) is 0 Å². The number of benzene rings is 1. The lowest BCUT2D eigenvalue weighted by Crippen LogP contribution is -2.13. The molecule has 0 spiro atoms. The first-order valence-corrected chi connectivity index (χ1v) is 7.16. The van der Waals surface area contributed by atoms with Crippen LogP contribution in [0.15, 0.2) is 53.8 Å². The van der Waals surface area contributed by atoms with Crippen LogP contribution in [0.1, 0.15) is 11.6 Å². The number of hydrogen-bond donors (Lipinski definition) is 1. The van der Waals surface area contributed by atoms with Gasteiger partial charge in [-0.2, -0.15) is 0 Å². The zero-order valence-corrected chi connectivity index (χ0v) is 11.4. The lowest BCUT2D eigenvalue weighted by molar-refractivity contribution is 0.626. The highest BCUT2D eigenvalue weighted by Crippen LogP contribution is 2.22. The minimum absolute atomic E-state index is 0.170. The smallest absolute Gasteiger partial charge is 0.195 e. The number of aromatic nitrogens is 3. The van der Waals surface area contributed by atoms with Crippen LogP contribution in [0, 0.1) is 5.82 Å². The summed E-state index contributed by atoms with van der Waals surface area (Å²) >= 11 is 1.53. The number of halogens is 1. The van der Waals surface area contributed by atoms with E-state index >= 15 is 0 Å². The first-order chi connectivity index (χ1) is 9.74. The number of rotatable bonds is 4. The van der Waals surface area contributed by atoms with E-state index < -0.39 is 0 Å². The number of hydrogen-bond acceptors (Lipinski definition) is 4. The molecule has 102 valence electrons. The van der Waals surface area contributed by atoms with E-state index in [4.69, 9.17) is 5.73 Å². The van der Waals surface area contributed by atoms with Crippen molar-refractivity contribution in [2.45, 2.75) is 11.2 Å². The Morgan fingerprint density at radius 2 is 1.95 bits per heavy atom. The Kier molecular flexibility index (Phi) is 3.66. The van der Waals surface area contributed by atoms with Crippen molar-refractivity contribution in [3.05, 3.63) is 60.0 Å². The molecule has 3 rings (SSSR count). The van der Waals surface area contributed by atoms with Gasteiger partial charge in [0, 0.05) is 18.0 Å². The van der Waals surface area contributed by atoms with Crippen molar-refractivity contribution in [3.8, 4) is 0 Å². The molecule has 1 atom stereocenters. The Hall–Kier alpha value is -1.92. The zero-order valence-electron chi connectivity index (χ0n) is 10.6. The lowest BCUT2D eigenvalue weighted by atomic mass is 10.1. The topological polar surface area (TPSA) is 56.2 Å². The maximum Gasteiger partial charge on any atom is 0.195 e. The SMILES string of the molecule is NC(CSc1nnc2ccccn12)c1ccc(F)cc1. The first kappa shape index (κ1) is 13.1. The van der Waals surface area contributed by atoms with Crippen LogP contribution >= 0.6 is 11.8 Å². The zero-order chi connectivity index (χ0) is 13.9. The second-order valence-corrected chi connectivity index (χ2v) is 5.37. The highest BCUT2D eigenvalue weighted by molar-refractivity contribution is 7.99. The van der Waals surface area contributed by atoms with Gasteiger partial charge in [-0.05, 0) is 29.8 Å². The number of nitrogens with two attached hydrogens (primary N) is 1. The van der Waals surface area contributed by atoms with Crippen molar-refractivity contribution in [1.29, 1.82) is 0 Å². The molecule has 20 heavy (non-hydrogen) atoms. The van der Waals surface area contributed by atoms with Crippen molar-refractivity contribution in [2.24, 2.45) is 5.73 Å². The standard InChI is InChI=1S/C14H13FN4S/c15-11-6-4-10(5-7-11)12(16)9-20-14-18-17-13-3-1-2-8-19(13)14/h1-8,12H,9,16H2. The summed E-state index contributed by atoms with van der Waals surface area (Å²) in [7, 11) is 0. The Morgan fingerprint density at radius 3 is 2.75 bits per heavy atom. The van der Waals surface area contributed by atoms with Gasteiger partial charge in [-0.25, -0.2) is 4.39 Å². The fourth-order valence-electron chi connectivity index (χ4n) is 1.89. The Labute approximate surface area is 119 Å². The number of nitrogens with zero attached hydrogens (tertiary/aromatic N) is 3. The minimum atomic E-state index is -0.253. The summed E-state index contributed by atoms with van der Waals surface area (Å²) in [6.07, 6.45) is 1.92. The molecular weight excluding hydrogens is 275 g/mol. The van der Waals surface area contributed by atoms with E-state index in [1.54, 1.807) is 12.1 Å². The van der Waals surface area contributed by atoms with Gasteiger partial charge in [0.05, 0.1) is 0 Å². The molecule has 6 heteroatoms. The van der Waals surface area contributed by atoms with Gasteiger partial charge in [0.1, 0.15) is 5.82 Å². The van der Waals surface area contributed by atoms with E-state index in [1.165, 1.54) is 23.9 Å². The Bertz CT molecular complexity index is 711. The molecule has 1 aromatic carbocycles. The van der Waals surface area contributed by atoms with Gasteiger partial charge in [0.15, 0.2) is 10.8 Å². The van der Waals surface area contributed by atoms with Crippen molar-refractivity contribution in [1.82, 2.24) is 14.6 Å². The molecule has 0 amide bonds. The van der Waals surface area contributed by atoms with Gasteiger partial charge in [-0.1, -0.05) is 30.0 Å². The van der Waals surface area contributed by atoms with Crippen LogP contribution in [0.25, 0.3) is 5.65 Å². The summed E-state index contributed by atoms with van der Waals surface area (Å²) in [6.45, 7) is 0. The van der Waals surface area contributed by atoms with Crippen molar-refractivity contribution < 1.29 is 4.39 Å². The predicted octanol–water partition coefficient (Wildman–Crippen LogP) is 2.66. The highest BCUT2D eigenvalue weighted by Gasteiger charge is 2.10. The molecule has 0 saturated heterocycles. The average Bonchev–Trinajstić information content (AvgIpc) is 2.89. The molecule has 0 saturated carbocycles. The molecule has 0 radical (unpaired) electrons. The normalized spacial score (nSPS) is 12.7. The monoisotopic (exact) mass is 288 g/mol. The fraction of sp³-hybridized carbons (Fsp3) is 0.143. The predicted molar refractivity (Wildman–Crippen MR) is 77.0 cm³/mol. The van der Waals surface area contributed by atoms with Crippen LogP contribution < -0.4 is 5.73 Å². The van der Waals surface area contributed by atoms with E-state index in [0.29, 0.717) is 5.75 Å². The molecule has 2 aromatic heterocycles. The Morgan fingerprint density at radius 1 is 1.15 bits per heavy atom. The molecule has 4 nitrogen and oxygen atoms in total. The van der Waals surface area contributed by atoms with Gasteiger partial charge < -0.3 is 5.73 Å². The third kappa shape index (κ3) is 2.66. The molecule has 1 unspecified atom stereocenters. The summed E-state index contributed by atoms with van der Waals surface area (Å²) in [6, 6.07) is 11.8. The van der Waals surface area contributed by atoms with Gasteiger partial charge in [-0.3, -0.25) is 4.40 Å². The fourth-order valence-corrected chi connectivity index (χ4v) is 2.80. The Balaban J connectivity index is 1.71. The molecule has 0 fully saturated rings. The van der Waals surface area contributed by atoms with Crippen LogP contribution in [-0.2, 0) is 0 Å². The number of fused-ring (bicyclic) bond motifs is 1. The molecule has 0 aliphatic carbocycles. The molecule has 0 bridgehead atoms. The molecule has 2 heterocycles. The van der Waals surface area contributed by atoms with Crippen molar-refractivity contribution >= 4 is 17.4 Å². The van der Waals surface area contributed by atoms with E-state index in [-0.39, 0.29) is 11.9 Å². The summed E-state index contributed by atoms with van der Waals surface area (Å²) < 4.78 is 14.8. The quantitative estimate of drug-likeness (QED) is 0.750. The lowest BCUT2D eigenvalue weighted by Gasteiger charge is -2.10. The maximum absolute atomic E-state index is 12.9. The molecular formula is C14H13FN4S. The molecule has 3 aromatic rings. The summed E-state index contributed by atoms with van der Waals surface area (Å²) in [5, 5.41) is 9.02. The summed E-state index contributed by atoms with van der Waals surface area (Å²) in [4.78, 5) is 0. The van der Waals surface area contributed by atoms with Gasteiger partial charge >= 0.3 is 0 Å². The van der Waals surface area contributed by atoms with E-state index in [2.05, 4.69) is 10.2 Å². The van der Waals surface area contributed by atoms with E-state index in [0.717, 1.165) is 16.4 Å². The van der Waals surface area contributed by atoms with Crippen LogP contribution in [0.5, 0.6) is 0 Å². The average molecular weight is 288 g/mol. The van der Waals surface area contributed by atoms with Gasteiger partial charge in [0.25, 0.3) is 0 Å². The second kappa shape index (κ2) is 5.60. The van der Waals surface area contributed by atoms with E-state index in [1.807, 2.05) is 28.8 Å². The van der Waals surface area contributed by atoms with Crippen LogP contribution in [-0.4, -0.2) is 20.4 Å². The van der Waals surface area contributed by atoms with Crippen molar-refractivity contribution in [2.75, 3.05) is 5.75 Å². The number of thioether (sulfide) groups is 1. The largest absolute Gasteiger partial charge is 0.323 e. The van der Waals surface area contributed by atoms with Gasteiger partial charge in [0.2, 0.25) is 0 Å². The third-order valence-corrected chi connectivity index (χ3v) is 4.03. The molecule has 0 aliphatic rings. The van der Waals surface area contributed by atoms with E-state index in [9.17, 15) is 4.39 Å². The second-order valence-electron chi connectivity index (χ2n) is 4.38. The number of pyridine rings is 1. The molecule has 2 N–H and O–H groups in total. The van der Waals surface area contributed by atoms with Crippen LogP contribution in [0.4, 0.5) is 4.39 Å². The van der Waals surface area contributed by atoms with Gasteiger partial charge in [-0.15, -0.1) is 10.2 Å². The first-order valence-electron chi connectivity index (χ1n) is 6.17. The highest BCUT2D eigenvalue weighted by atomic mass is 32.2. The summed E-state index contributed by atoms with van der Waals surface area (Å²) in [5.74, 6) is 0.401. The van der Waals surface area contributed by atoms with Crippen LogP contribution in [0.2, 0.25) is 0 Å². The van der Waals surface area contributed by atoms with Crippen molar-refractivity contribution in [3.63, 3.8) is 0 Å². The maximum atomic E-state index is 12.9. The third-order valence-electron chi connectivity index (χ3n) is 2.97. The summed E-state index contributed by atoms with van der Waals surface area (Å²) in [5.41, 5.74) is 7.83. The molecule has 0 aliphatic heterocycles.